The zero-order chi connectivity index (χ0) is 14.4. The Bertz CT molecular complexity index is 557. The lowest BCUT2D eigenvalue weighted by molar-refractivity contribution is 0.154. The van der Waals surface area contributed by atoms with Gasteiger partial charge in [0.05, 0.1) is 13.2 Å². The molecular weight excluding hydrogens is 252 g/mol. The van der Waals surface area contributed by atoms with Crippen LogP contribution in [-0.2, 0) is 11.3 Å². The van der Waals surface area contributed by atoms with Gasteiger partial charge in [0.1, 0.15) is 5.82 Å². The molecule has 1 aromatic carbocycles. The van der Waals surface area contributed by atoms with Crippen LogP contribution in [0.5, 0.6) is 0 Å². The summed E-state index contributed by atoms with van der Waals surface area (Å²) in [6.07, 6.45) is 1.76. The number of hydrogen-bond acceptors (Lipinski definition) is 4. The van der Waals surface area contributed by atoms with Gasteiger partial charge in [-0.05, 0) is 19.2 Å². The van der Waals surface area contributed by atoms with E-state index in [1.165, 1.54) is 0 Å². The minimum Gasteiger partial charge on any atom is -0.392 e. The summed E-state index contributed by atoms with van der Waals surface area (Å²) in [5.74, 6) is 0.958. The van der Waals surface area contributed by atoms with Crippen molar-refractivity contribution in [2.75, 3.05) is 31.2 Å². The fourth-order valence-corrected chi connectivity index (χ4v) is 2.35. The number of ether oxygens (including phenoxy) is 1. The zero-order valence-electron chi connectivity index (χ0n) is 12.2. The van der Waals surface area contributed by atoms with Crippen LogP contribution in [0, 0.1) is 0 Å². The molecule has 0 aliphatic rings. The Hall–Kier alpha value is -1.65. The maximum atomic E-state index is 9.42. The monoisotopic (exact) mass is 274 g/mol. The molecule has 2 rings (SSSR count). The van der Waals surface area contributed by atoms with Gasteiger partial charge < -0.3 is 14.7 Å². The number of anilines is 1. The first-order valence-corrected chi connectivity index (χ1v) is 7.12. The summed E-state index contributed by atoms with van der Waals surface area (Å²) in [6, 6.07) is 8.08. The maximum Gasteiger partial charge on any atom is 0.136 e. The second-order valence-corrected chi connectivity index (χ2v) is 4.59. The molecular formula is C16H22N2O2. The third-order valence-corrected chi connectivity index (χ3v) is 3.42. The molecule has 108 valence electrons. The van der Waals surface area contributed by atoms with Crippen LogP contribution in [0.2, 0.25) is 0 Å². The molecule has 1 aromatic heterocycles. The molecule has 0 fully saturated rings. The molecule has 0 unspecified atom stereocenters. The summed E-state index contributed by atoms with van der Waals surface area (Å²) >= 11 is 0. The second-order valence-electron chi connectivity index (χ2n) is 4.59. The third-order valence-electron chi connectivity index (χ3n) is 3.42. The Morgan fingerprint density at radius 3 is 2.60 bits per heavy atom. The number of nitrogens with zero attached hydrogens (tertiary/aromatic N) is 2. The highest BCUT2D eigenvalue weighted by Gasteiger charge is 2.12. The van der Waals surface area contributed by atoms with Crippen molar-refractivity contribution in [2.45, 2.75) is 20.5 Å². The summed E-state index contributed by atoms with van der Waals surface area (Å²) in [4.78, 5) is 6.75. The minimum absolute atomic E-state index is 0.0128. The third kappa shape index (κ3) is 3.08. The van der Waals surface area contributed by atoms with E-state index < -0.39 is 0 Å². The van der Waals surface area contributed by atoms with E-state index in [9.17, 15) is 5.11 Å². The normalized spacial score (nSPS) is 10.9. The van der Waals surface area contributed by atoms with Gasteiger partial charge in [0.2, 0.25) is 0 Å². The average molecular weight is 274 g/mol. The van der Waals surface area contributed by atoms with Crippen molar-refractivity contribution in [3.05, 3.63) is 36.0 Å². The summed E-state index contributed by atoms with van der Waals surface area (Å²) in [7, 11) is 0. The molecule has 0 atom stereocenters. The Balaban J connectivity index is 2.37. The number of fused-ring (bicyclic) bond motifs is 1. The van der Waals surface area contributed by atoms with Gasteiger partial charge in [-0.1, -0.05) is 24.3 Å². The smallest absolute Gasteiger partial charge is 0.136 e. The topological polar surface area (TPSA) is 45.6 Å². The lowest BCUT2D eigenvalue weighted by Crippen LogP contribution is -2.28. The lowest BCUT2D eigenvalue weighted by atomic mass is 10.1. The Labute approximate surface area is 120 Å². The van der Waals surface area contributed by atoms with E-state index in [0.717, 1.165) is 41.9 Å². The van der Waals surface area contributed by atoms with Crippen molar-refractivity contribution >= 4 is 16.6 Å². The predicted octanol–water partition coefficient (Wildman–Crippen LogP) is 2.59. The van der Waals surface area contributed by atoms with Crippen LogP contribution in [0.25, 0.3) is 10.8 Å². The van der Waals surface area contributed by atoms with Gasteiger partial charge in [0, 0.05) is 36.8 Å². The largest absolute Gasteiger partial charge is 0.392 e. The van der Waals surface area contributed by atoms with E-state index in [-0.39, 0.29) is 6.61 Å². The second kappa shape index (κ2) is 7.22. The van der Waals surface area contributed by atoms with Gasteiger partial charge >= 0.3 is 0 Å². The van der Waals surface area contributed by atoms with Crippen molar-refractivity contribution in [3.63, 3.8) is 0 Å². The molecule has 0 saturated heterocycles. The Morgan fingerprint density at radius 2 is 1.95 bits per heavy atom. The Morgan fingerprint density at radius 1 is 1.20 bits per heavy atom. The van der Waals surface area contributed by atoms with Crippen LogP contribution in [0.3, 0.4) is 0 Å². The molecule has 0 aliphatic heterocycles. The molecule has 4 nitrogen and oxygen atoms in total. The van der Waals surface area contributed by atoms with Gasteiger partial charge in [-0.15, -0.1) is 0 Å². The fraction of sp³-hybridized carbons (Fsp3) is 0.438. The van der Waals surface area contributed by atoms with Gasteiger partial charge in [0.25, 0.3) is 0 Å². The van der Waals surface area contributed by atoms with Crippen molar-refractivity contribution in [1.29, 1.82) is 0 Å². The average Bonchev–Trinajstić information content (AvgIpc) is 2.51. The Kier molecular flexibility index (Phi) is 5.32. The quantitative estimate of drug-likeness (QED) is 0.788. The number of benzene rings is 1. The van der Waals surface area contributed by atoms with Crippen LogP contribution in [-0.4, -0.2) is 36.4 Å². The number of rotatable bonds is 7. The number of likely N-dealkylation sites (N-methyl/N-ethyl adjacent to an activating group) is 1. The first-order chi connectivity index (χ1) is 9.81. The van der Waals surface area contributed by atoms with Gasteiger partial charge in [-0.2, -0.15) is 0 Å². The highest BCUT2D eigenvalue weighted by molar-refractivity contribution is 5.94. The van der Waals surface area contributed by atoms with E-state index in [2.05, 4.69) is 22.9 Å². The lowest BCUT2D eigenvalue weighted by Gasteiger charge is -2.23. The number of pyridine rings is 1. The maximum absolute atomic E-state index is 9.42. The zero-order valence-corrected chi connectivity index (χ0v) is 12.2. The van der Waals surface area contributed by atoms with E-state index in [1.807, 2.05) is 25.1 Å². The standard InChI is InChI=1S/C16H22N2O2/c1-3-18(9-10-20-4-2)16-15-8-6-5-7-14(15)13(12-19)11-17-16/h5-8,11,19H,3-4,9-10,12H2,1-2H3. The molecule has 0 saturated carbocycles. The summed E-state index contributed by atoms with van der Waals surface area (Å²) < 4.78 is 5.43. The van der Waals surface area contributed by atoms with Crippen LogP contribution in [0.4, 0.5) is 5.82 Å². The number of aliphatic hydroxyl groups excluding tert-OH is 1. The molecule has 0 spiro atoms. The molecule has 1 heterocycles. The van der Waals surface area contributed by atoms with Crippen LogP contribution < -0.4 is 4.90 Å². The molecule has 1 N–H and O–H groups in total. The van der Waals surface area contributed by atoms with Gasteiger partial charge in [-0.25, -0.2) is 4.98 Å². The van der Waals surface area contributed by atoms with Crippen LogP contribution in [0.15, 0.2) is 30.5 Å². The van der Waals surface area contributed by atoms with Crippen molar-refractivity contribution in [1.82, 2.24) is 4.98 Å². The molecule has 4 heteroatoms. The number of hydrogen-bond donors (Lipinski definition) is 1. The first kappa shape index (κ1) is 14.8. The summed E-state index contributed by atoms with van der Waals surface area (Å²) in [5, 5.41) is 11.6. The van der Waals surface area contributed by atoms with E-state index in [4.69, 9.17) is 4.74 Å². The van der Waals surface area contributed by atoms with Crippen LogP contribution in [0.1, 0.15) is 19.4 Å². The molecule has 2 aromatic rings. The predicted molar refractivity (Wildman–Crippen MR) is 82.0 cm³/mol. The SMILES string of the molecule is CCOCCN(CC)c1ncc(CO)c2ccccc12. The molecule has 20 heavy (non-hydrogen) atoms. The van der Waals surface area contributed by atoms with Crippen molar-refractivity contribution in [3.8, 4) is 0 Å². The fourth-order valence-electron chi connectivity index (χ4n) is 2.35. The minimum atomic E-state index is 0.0128. The first-order valence-electron chi connectivity index (χ1n) is 7.12. The van der Waals surface area contributed by atoms with E-state index in [0.29, 0.717) is 6.61 Å². The van der Waals surface area contributed by atoms with Gasteiger partial charge in [-0.3, -0.25) is 0 Å². The molecule has 0 aliphatic carbocycles. The summed E-state index contributed by atoms with van der Waals surface area (Å²) in [6.45, 7) is 7.25. The van der Waals surface area contributed by atoms with Crippen molar-refractivity contribution in [2.24, 2.45) is 0 Å². The molecule has 0 amide bonds. The number of aromatic nitrogens is 1. The molecule has 0 bridgehead atoms. The van der Waals surface area contributed by atoms with E-state index in [1.54, 1.807) is 6.20 Å². The van der Waals surface area contributed by atoms with E-state index >= 15 is 0 Å². The molecule has 0 radical (unpaired) electrons. The highest BCUT2D eigenvalue weighted by atomic mass is 16.5. The van der Waals surface area contributed by atoms with Crippen LogP contribution >= 0.6 is 0 Å². The number of aliphatic hydroxyl groups is 1. The van der Waals surface area contributed by atoms with Gasteiger partial charge in [0.15, 0.2) is 0 Å². The van der Waals surface area contributed by atoms with Crippen molar-refractivity contribution < 1.29 is 9.84 Å². The summed E-state index contributed by atoms with van der Waals surface area (Å²) in [5.41, 5.74) is 0.866. The highest BCUT2D eigenvalue weighted by Crippen LogP contribution is 2.27.